The van der Waals surface area contributed by atoms with E-state index in [2.05, 4.69) is 48.6 Å². The van der Waals surface area contributed by atoms with Gasteiger partial charge in [-0.25, -0.2) is 4.57 Å². The van der Waals surface area contributed by atoms with Crippen molar-refractivity contribution < 1.29 is 9.67 Å². The smallest absolute Gasteiger partial charge is 0.169 e. The number of benzene rings is 1. The van der Waals surface area contributed by atoms with Gasteiger partial charge in [0.1, 0.15) is 7.05 Å². The van der Waals surface area contributed by atoms with E-state index in [0.29, 0.717) is 6.54 Å². The number of pyridine rings is 1. The monoisotopic (exact) mass is 269 g/mol. The van der Waals surface area contributed by atoms with E-state index in [1.807, 2.05) is 36.0 Å². The highest BCUT2D eigenvalue weighted by molar-refractivity contribution is 5.70. The minimum absolute atomic E-state index is 0.170. The van der Waals surface area contributed by atoms with Gasteiger partial charge in [0.15, 0.2) is 12.4 Å². The Hall–Kier alpha value is -2.13. The van der Waals surface area contributed by atoms with E-state index in [1.165, 1.54) is 11.1 Å². The molecule has 0 aliphatic carbocycles. The highest BCUT2D eigenvalue weighted by Crippen LogP contribution is 2.15. The van der Waals surface area contributed by atoms with Gasteiger partial charge in [0.2, 0.25) is 0 Å². The third-order valence-electron chi connectivity index (χ3n) is 3.24. The van der Waals surface area contributed by atoms with E-state index in [4.69, 9.17) is 5.11 Å². The number of aliphatic hydroxyl groups excluding tert-OH is 1. The summed E-state index contributed by atoms with van der Waals surface area (Å²) in [6.07, 6.45) is 8.27. The molecule has 0 spiro atoms. The molecule has 0 saturated heterocycles. The Kier molecular flexibility index (Phi) is 4.91. The van der Waals surface area contributed by atoms with Crippen molar-refractivity contribution in [1.29, 1.82) is 0 Å². The molecule has 1 heterocycles. The van der Waals surface area contributed by atoms with Crippen LogP contribution < -0.4 is 9.47 Å². The molecule has 3 nitrogen and oxygen atoms in total. The molecule has 3 heteroatoms. The van der Waals surface area contributed by atoms with Crippen LogP contribution in [0, 0.1) is 0 Å². The molecule has 1 aromatic heterocycles. The van der Waals surface area contributed by atoms with Crippen molar-refractivity contribution in [3.05, 3.63) is 59.9 Å². The summed E-state index contributed by atoms with van der Waals surface area (Å²) in [7, 11) is 3.99. The van der Waals surface area contributed by atoms with Gasteiger partial charge in [0.25, 0.3) is 0 Å². The van der Waals surface area contributed by atoms with Gasteiger partial charge in [-0.05, 0) is 23.3 Å². The Morgan fingerprint density at radius 1 is 1.00 bits per heavy atom. The van der Waals surface area contributed by atoms with E-state index >= 15 is 0 Å². The van der Waals surface area contributed by atoms with Crippen LogP contribution in [0.4, 0.5) is 5.69 Å². The first-order chi connectivity index (χ1) is 9.69. The number of hydrogen-bond acceptors (Lipinski definition) is 2. The molecule has 2 aromatic rings. The summed E-state index contributed by atoms with van der Waals surface area (Å²) in [5.41, 5.74) is 3.46. The average molecular weight is 269 g/mol. The summed E-state index contributed by atoms with van der Waals surface area (Å²) >= 11 is 0. The zero-order valence-corrected chi connectivity index (χ0v) is 12.0. The number of rotatable bonds is 5. The molecule has 0 atom stereocenters. The fraction of sp³-hybridized carbons (Fsp3) is 0.235. The van der Waals surface area contributed by atoms with Crippen LogP contribution in [0.3, 0.4) is 0 Å². The Labute approximate surface area is 120 Å². The highest BCUT2D eigenvalue weighted by Gasteiger charge is 1.98. The van der Waals surface area contributed by atoms with E-state index < -0.39 is 0 Å². The highest BCUT2D eigenvalue weighted by atomic mass is 16.3. The van der Waals surface area contributed by atoms with Gasteiger partial charge >= 0.3 is 0 Å². The second-order valence-electron chi connectivity index (χ2n) is 4.87. The molecule has 1 aromatic carbocycles. The fourth-order valence-electron chi connectivity index (χ4n) is 1.94. The van der Waals surface area contributed by atoms with Gasteiger partial charge in [0, 0.05) is 31.4 Å². The molecule has 0 aliphatic rings. The normalized spacial score (nSPS) is 10.9. The largest absolute Gasteiger partial charge is 0.395 e. The zero-order valence-electron chi connectivity index (χ0n) is 12.0. The van der Waals surface area contributed by atoms with Crippen molar-refractivity contribution in [2.75, 3.05) is 25.1 Å². The first-order valence-electron chi connectivity index (χ1n) is 6.74. The lowest BCUT2D eigenvalue weighted by Crippen LogP contribution is -2.25. The molecule has 104 valence electrons. The number of likely N-dealkylation sites (N-methyl/N-ethyl adjacent to an activating group) is 1. The number of nitrogens with zero attached hydrogens (tertiary/aromatic N) is 2. The van der Waals surface area contributed by atoms with Crippen molar-refractivity contribution in [3.63, 3.8) is 0 Å². The number of hydrogen-bond donors (Lipinski definition) is 1. The van der Waals surface area contributed by atoms with E-state index in [0.717, 1.165) is 5.69 Å². The van der Waals surface area contributed by atoms with Gasteiger partial charge in [-0.3, -0.25) is 0 Å². The molecule has 0 aliphatic heterocycles. The van der Waals surface area contributed by atoms with Crippen LogP contribution in [0.25, 0.3) is 12.2 Å². The van der Waals surface area contributed by atoms with E-state index in [-0.39, 0.29) is 6.61 Å². The van der Waals surface area contributed by atoms with Gasteiger partial charge in [0.05, 0.1) is 6.61 Å². The predicted molar refractivity (Wildman–Crippen MR) is 83.3 cm³/mol. The van der Waals surface area contributed by atoms with Crippen LogP contribution in [0.15, 0.2) is 48.8 Å². The third kappa shape index (κ3) is 3.93. The molecule has 0 radical (unpaired) electrons. The molecular formula is C17H21N2O+. The second kappa shape index (κ2) is 6.87. The Morgan fingerprint density at radius 3 is 2.10 bits per heavy atom. The van der Waals surface area contributed by atoms with Crippen LogP contribution in [0.1, 0.15) is 11.1 Å². The number of anilines is 1. The standard InChI is InChI=1S/C17H21N2O/c1-18-11-9-16(10-12-18)4-3-15-5-7-17(8-6-15)19(2)13-14-20/h3-12,20H,13-14H2,1-2H3/q+1. The van der Waals surface area contributed by atoms with Gasteiger partial charge in [-0.2, -0.15) is 0 Å². The summed E-state index contributed by atoms with van der Waals surface area (Å²) in [6.45, 7) is 0.819. The van der Waals surface area contributed by atoms with Crippen molar-refractivity contribution in [1.82, 2.24) is 0 Å². The number of aryl methyl sites for hydroxylation is 1. The van der Waals surface area contributed by atoms with Crippen molar-refractivity contribution >= 4 is 17.8 Å². The summed E-state index contributed by atoms with van der Waals surface area (Å²) < 4.78 is 2.02. The second-order valence-corrected chi connectivity index (χ2v) is 4.87. The molecule has 0 amide bonds. The maximum absolute atomic E-state index is 8.93. The SMILES string of the molecule is CN(CCO)c1ccc(/C=C/c2cc[n+](C)cc2)cc1. The topological polar surface area (TPSA) is 27.3 Å². The maximum atomic E-state index is 8.93. The van der Waals surface area contributed by atoms with Crippen molar-refractivity contribution in [2.24, 2.45) is 7.05 Å². The van der Waals surface area contributed by atoms with Gasteiger partial charge in [-0.15, -0.1) is 0 Å². The van der Waals surface area contributed by atoms with Crippen LogP contribution in [0.5, 0.6) is 0 Å². The van der Waals surface area contributed by atoms with Crippen LogP contribution in [-0.2, 0) is 7.05 Å². The quantitative estimate of drug-likeness (QED) is 0.842. The summed E-state index contributed by atoms with van der Waals surface area (Å²) in [6, 6.07) is 12.5. The molecule has 2 rings (SSSR count). The Balaban J connectivity index is 2.05. The van der Waals surface area contributed by atoms with Crippen molar-refractivity contribution in [2.45, 2.75) is 0 Å². The lowest BCUT2D eigenvalue weighted by atomic mass is 10.1. The molecule has 20 heavy (non-hydrogen) atoms. The lowest BCUT2D eigenvalue weighted by molar-refractivity contribution is -0.671. The van der Waals surface area contributed by atoms with Crippen LogP contribution >= 0.6 is 0 Å². The summed E-state index contributed by atoms with van der Waals surface area (Å²) in [5, 5.41) is 8.93. The summed E-state index contributed by atoms with van der Waals surface area (Å²) in [4.78, 5) is 2.03. The van der Waals surface area contributed by atoms with Crippen molar-refractivity contribution in [3.8, 4) is 0 Å². The molecular weight excluding hydrogens is 248 g/mol. The van der Waals surface area contributed by atoms with Gasteiger partial charge < -0.3 is 10.0 Å². The first-order valence-corrected chi connectivity index (χ1v) is 6.74. The lowest BCUT2D eigenvalue weighted by Gasteiger charge is -2.17. The third-order valence-corrected chi connectivity index (χ3v) is 3.24. The van der Waals surface area contributed by atoms with E-state index in [1.54, 1.807) is 0 Å². The zero-order chi connectivity index (χ0) is 14.4. The van der Waals surface area contributed by atoms with Gasteiger partial charge in [-0.1, -0.05) is 24.3 Å². The Morgan fingerprint density at radius 2 is 1.55 bits per heavy atom. The average Bonchev–Trinajstić information content (AvgIpc) is 2.47. The predicted octanol–water partition coefficient (Wildman–Crippen LogP) is 2.11. The minimum atomic E-state index is 0.170. The minimum Gasteiger partial charge on any atom is -0.395 e. The number of aliphatic hydroxyl groups is 1. The van der Waals surface area contributed by atoms with Crippen LogP contribution in [-0.4, -0.2) is 25.3 Å². The Bertz CT molecular complexity index is 559. The number of aromatic nitrogens is 1. The first kappa shape index (κ1) is 14.3. The maximum Gasteiger partial charge on any atom is 0.169 e. The molecule has 0 fully saturated rings. The molecule has 1 N–H and O–H groups in total. The summed E-state index contributed by atoms with van der Waals surface area (Å²) in [5.74, 6) is 0. The molecule has 0 bridgehead atoms. The van der Waals surface area contributed by atoms with Crippen LogP contribution in [0.2, 0.25) is 0 Å². The molecule has 0 saturated carbocycles. The van der Waals surface area contributed by atoms with E-state index in [9.17, 15) is 0 Å². The molecule has 0 unspecified atom stereocenters. The fourth-order valence-corrected chi connectivity index (χ4v) is 1.94.